The van der Waals surface area contributed by atoms with Crippen LogP contribution in [0.2, 0.25) is 0 Å². The van der Waals surface area contributed by atoms with Crippen LogP contribution in [-0.4, -0.2) is 36.3 Å². The van der Waals surface area contributed by atoms with Crippen LogP contribution in [0.15, 0.2) is 30.3 Å². The fraction of sp³-hybridized carbons (Fsp3) is 0.444. The summed E-state index contributed by atoms with van der Waals surface area (Å²) in [5.74, 6) is 0.346. The first kappa shape index (κ1) is 15.3. The Hall–Kier alpha value is -1.62. The topological polar surface area (TPSA) is 41.9 Å². The number of phenolic OH excluding ortho intramolecular Hbond substituents is 1. The Morgan fingerprint density at radius 3 is 2.50 bits per heavy atom. The van der Waals surface area contributed by atoms with Gasteiger partial charge in [0.05, 0.1) is 13.2 Å². The lowest BCUT2D eigenvalue weighted by Gasteiger charge is -2.20. The number of fused-ring (bicyclic) bond motifs is 1. The van der Waals surface area contributed by atoms with Crippen LogP contribution < -0.4 is 0 Å². The molecule has 0 amide bonds. The summed E-state index contributed by atoms with van der Waals surface area (Å²) in [6, 6.07) is 10.0. The minimum atomic E-state index is -0.377. The van der Waals surface area contributed by atoms with Crippen LogP contribution in [0.4, 0.5) is 0 Å². The third kappa shape index (κ3) is 2.82. The maximum absolute atomic E-state index is 10.8. The Kier molecular flexibility index (Phi) is 4.62. The molecule has 2 aromatic carbocycles. The van der Waals surface area contributed by atoms with E-state index in [0.717, 1.165) is 41.5 Å². The van der Waals surface area contributed by atoms with Gasteiger partial charge in [0.2, 0.25) is 0 Å². The second kappa shape index (κ2) is 6.65. The maximum Gasteiger partial charge on any atom is 0.184 e. The summed E-state index contributed by atoms with van der Waals surface area (Å²) in [7, 11) is 0. The lowest BCUT2D eigenvalue weighted by atomic mass is 9.99. The maximum atomic E-state index is 10.8. The molecule has 0 aliphatic carbocycles. The molecule has 4 heteroatoms. The molecule has 1 aliphatic rings. The average Bonchev–Trinajstić information content (AvgIpc) is 3.08. The van der Waals surface area contributed by atoms with E-state index in [2.05, 4.69) is 24.8 Å². The van der Waals surface area contributed by atoms with E-state index in [1.54, 1.807) is 0 Å². The van der Waals surface area contributed by atoms with Crippen molar-refractivity contribution in [3.63, 3.8) is 0 Å². The Morgan fingerprint density at radius 2 is 1.82 bits per heavy atom. The first-order valence-electron chi connectivity index (χ1n) is 7.93. The first-order chi connectivity index (χ1) is 10.7. The molecular weight excluding hydrogens is 278 g/mol. The van der Waals surface area contributed by atoms with Crippen molar-refractivity contribution in [2.75, 3.05) is 26.3 Å². The second-order valence-electron chi connectivity index (χ2n) is 5.55. The van der Waals surface area contributed by atoms with Crippen LogP contribution in [0, 0.1) is 0 Å². The molecule has 22 heavy (non-hydrogen) atoms. The summed E-state index contributed by atoms with van der Waals surface area (Å²) in [5, 5.41) is 12.7. The number of aromatic hydroxyl groups is 1. The minimum absolute atomic E-state index is 0.346. The minimum Gasteiger partial charge on any atom is -0.507 e. The Morgan fingerprint density at radius 1 is 1.09 bits per heavy atom. The van der Waals surface area contributed by atoms with Crippen LogP contribution in [0.1, 0.15) is 31.3 Å². The molecule has 1 aliphatic heterocycles. The summed E-state index contributed by atoms with van der Waals surface area (Å²) in [6.45, 7) is 8.13. The lowest BCUT2D eigenvalue weighted by molar-refractivity contribution is -0.0430. The van der Waals surface area contributed by atoms with Gasteiger partial charge in [-0.05, 0) is 18.5 Å². The monoisotopic (exact) mass is 301 g/mol. The predicted molar refractivity (Wildman–Crippen MR) is 86.9 cm³/mol. The van der Waals surface area contributed by atoms with Crippen molar-refractivity contribution in [1.82, 2.24) is 4.90 Å². The molecule has 0 radical (unpaired) electrons. The number of ether oxygens (including phenoxy) is 2. The molecule has 2 aromatic rings. The smallest absolute Gasteiger partial charge is 0.184 e. The van der Waals surface area contributed by atoms with E-state index in [9.17, 15) is 5.11 Å². The normalized spacial score (nSPS) is 16.0. The number of benzene rings is 2. The van der Waals surface area contributed by atoms with E-state index in [-0.39, 0.29) is 6.29 Å². The summed E-state index contributed by atoms with van der Waals surface area (Å²) >= 11 is 0. The van der Waals surface area contributed by atoms with Crippen molar-refractivity contribution < 1.29 is 14.6 Å². The highest BCUT2D eigenvalue weighted by molar-refractivity contribution is 5.92. The molecule has 118 valence electrons. The van der Waals surface area contributed by atoms with Crippen LogP contribution in [0.25, 0.3) is 10.8 Å². The summed E-state index contributed by atoms with van der Waals surface area (Å²) < 4.78 is 11.2. The number of nitrogens with zero attached hydrogens (tertiary/aromatic N) is 1. The Bertz CT molecular complexity index is 646. The predicted octanol–water partition coefficient (Wildman–Crippen LogP) is 3.43. The van der Waals surface area contributed by atoms with Crippen molar-refractivity contribution in [1.29, 1.82) is 0 Å². The Labute approximate surface area is 131 Å². The van der Waals surface area contributed by atoms with E-state index in [0.29, 0.717) is 19.0 Å². The highest BCUT2D eigenvalue weighted by atomic mass is 16.7. The van der Waals surface area contributed by atoms with Gasteiger partial charge >= 0.3 is 0 Å². The van der Waals surface area contributed by atoms with Crippen LogP contribution in [0.3, 0.4) is 0 Å². The third-order valence-electron chi connectivity index (χ3n) is 4.30. The van der Waals surface area contributed by atoms with Gasteiger partial charge in [0.1, 0.15) is 5.75 Å². The standard InChI is InChI=1S/C18H23NO3/c1-3-19(4-2)12-14-9-8-13-6-5-7-15(16(13)17(14)20)18-21-10-11-22-18/h5-9,18,20H,3-4,10-12H2,1-2H3. The Balaban J connectivity index is 2.06. The van der Waals surface area contributed by atoms with E-state index in [1.165, 1.54) is 0 Å². The van der Waals surface area contributed by atoms with E-state index < -0.39 is 0 Å². The van der Waals surface area contributed by atoms with E-state index in [4.69, 9.17) is 9.47 Å². The van der Waals surface area contributed by atoms with Gasteiger partial charge in [-0.3, -0.25) is 4.90 Å². The second-order valence-corrected chi connectivity index (χ2v) is 5.55. The molecule has 0 bridgehead atoms. The quantitative estimate of drug-likeness (QED) is 0.918. The van der Waals surface area contributed by atoms with Gasteiger partial charge in [0.25, 0.3) is 0 Å². The van der Waals surface area contributed by atoms with Crippen molar-refractivity contribution in [2.24, 2.45) is 0 Å². The zero-order chi connectivity index (χ0) is 15.5. The lowest BCUT2D eigenvalue weighted by Crippen LogP contribution is -2.22. The highest BCUT2D eigenvalue weighted by Crippen LogP contribution is 2.37. The van der Waals surface area contributed by atoms with Gasteiger partial charge in [-0.2, -0.15) is 0 Å². The first-order valence-corrected chi connectivity index (χ1v) is 7.93. The van der Waals surface area contributed by atoms with E-state index in [1.807, 2.05) is 24.3 Å². The van der Waals surface area contributed by atoms with Gasteiger partial charge in [0, 0.05) is 23.1 Å². The summed E-state index contributed by atoms with van der Waals surface area (Å²) in [6.07, 6.45) is -0.377. The van der Waals surface area contributed by atoms with Crippen LogP contribution >= 0.6 is 0 Å². The molecule has 1 fully saturated rings. The molecule has 0 atom stereocenters. The van der Waals surface area contributed by atoms with Gasteiger partial charge in [-0.15, -0.1) is 0 Å². The third-order valence-corrected chi connectivity index (χ3v) is 4.30. The van der Waals surface area contributed by atoms with Crippen molar-refractivity contribution in [3.05, 3.63) is 41.5 Å². The van der Waals surface area contributed by atoms with Gasteiger partial charge < -0.3 is 14.6 Å². The van der Waals surface area contributed by atoms with Gasteiger partial charge in [-0.25, -0.2) is 0 Å². The average molecular weight is 301 g/mol. The molecule has 1 N–H and O–H groups in total. The zero-order valence-corrected chi connectivity index (χ0v) is 13.2. The molecule has 3 rings (SSSR count). The molecule has 0 aromatic heterocycles. The highest BCUT2D eigenvalue weighted by Gasteiger charge is 2.22. The number of rotatable bonds is 5. The number of hydrogen-bond acceptors (Lipinski definition) is 4. The number of phenols is 1. The fourth-order valence-corrected chi connectivity index (χ4v) is 2.98. The van der Waals surface area contributed by atoms with Crippen LogP contribution in [-0.2, 0) is 16.0 Å². The zero-order valence-electron chi connectivity index (χ0n) is 13.2. The summed E-state index contributed by atoms with van der Waals surface area (Å²) in [5.41, 5.74) is 1.86. The molecule has 4 nitrogen and oxygen atoms in total. The molecule has 1 saturated heterocycles. The molecule has 0 unspecified atom stereocenters. The van der Waals surface area contributed by atoms with Crippen molar-refractivity contribution >= 4 is 10.8 Å². The van der Waals surface area contributed by atoms with Gasteiger partial charge in [-0.1, -0.05) is 44.2 Å². The van der Waals surface area contributed by atoms with Crippen molar-refractivity contribution in [2.45, 2.75) is 26.7 Å². The molecule has 1 heterocycles. The molecule has 0 saturated carbocycles. The van der Waals surface area contributed by atoms with Gasteiger partial charge in [0.15, 0.2) is 6.29 Å². The largest absolute Gasteiger partial charge is 0.507 e. The number of hydrogen-bond donors (Lipinski definition) is 1. The SMILES string of the molecule is CCN(CC)Cc1ccc2cccc(C3OCCO3)c2c1O. The van der Waals surface area contributed by atoms with Crippen molar-refractivity contribution in [3.8, 4) is 5.75 Å². The van der Waals surface area contributed by atoms with E-state index >= 15 is 0 Å². The molecule has 0 spiro atoms. The summed E-state index contributed by atoms with van der Waals surface area (Å²) in [4.78, 5) is 2.28. The fourth-order valence-electron chi connectivity index (χ4n) is 2.98. The van der Waals surface area contributed by atoms with Crippen LogP contribution in [0.5, 0.6) is 5.75 Å². The molecular formula is C18H23NO3.